The van der Waals surface area contributed by atoms with Gasteiger partial charge in [0.15, 0.2) is 11.5 Å². The molecule has 166 valence electrons. The van der Waals surface area contributed by atoms with Gasteiger partial charge in [0.1, 0.15) is 11.8 Å². The van der Waals surface area contributed by atoms with E-state index in [4.69, 9.17) is 9.15 Å². The molecule has 1 fully saturated rings. The molecule has 31 heavy (non-hydrogen) atoms. The molecule has 0 saturated carbocycles. The van der Waals surface area contributed by atoms with Crippen LogP contribution in [0.5, 0.6) is 11.5 Å². The van der Waals surface area contributed by atoms with E-state index < -0.39 is 28.9 Å². The molecule has 0 atom stereocenters. The summed E-state index contributed by atoms with van der Waals surface area (Å²) in [6, 6.07) is 2.95. The molecule has 1 saturated heterocycles. The SMILES string of the molecule is COc1cc(C(=O)NC2CCN(C(=O)c3ccoc3)CC2)c([N+](=O)[O-])cc1OC(F)F. The number of hydrogen-bond donors (Lipinski definition) is 1. The van der Waals surface area contributed by atoms with Crippen LogP contribution in [-0.4, -0.2) is 54.5 Å². The van der Waals surface area contributed by atoms with Crippen molar-refractivity contribution >= 4 is 17.5 Å². The fraction of sp³-hybridized carbons (Fsp3) is 0.368. The van der Waals surface area contributed by atoms with E-state index in [2.05, 4.69) is 10.1 Å². The molecule has 0 radical (unpaired) electrons. The maximum absolute atomic E-state index is 12.7. The summed E-state index contributed by atoms with van der Waals surface area (Å²) >= 11 is 0. The van der Waals surface area contributed by atoms with Gasteiger partial charge in [0, 0.05) is 25.2 Å². The first-order valence-electron chi connectivity index (χ1n) is 9.23. The average molecular weight is 439 g/mol. The largest absolute Gasteiger partial charge is 0.493 e. The molecule has 0 bridgehead atoms. The van der Waals surface area contributed by atoms with Gasteiger partial charge in [-0.3, -0.25) is 19.7 Å². The van der Waals surface area contributed by atoms with Crippen LogP contribution in [0.4, 0.5) is 14.5 Å². The number of nitro benzene ring substituents is 1. The molecule has 0 unspecified atom stereocenters. The number of methoxy groups -OCH3 is 1. The van der Waals surface area contributed by atoms with Crippen LogP contribution < -0.4 is 14.8 Å². The Labute approximate surface area is 174 Å². The zero-order valence-corrected chi connectivity index (χ0v) is 16.4. The number of furan rings is 1. The van der Waals surface area contributed by atoms with Gasteiger partial charge in [0.05, 0.1) is 29.9 Å². The van der Waals surface area contributed by atoms with Crippen molar-refractivity contribution in [2.45, 2.75) is 25.5 Å². The summed E-state index contributed by atoms with van der Waals surface area (Å²) in [5, 5.41) is 14.1. The number of carbonyl (C=O) groups is 2. The molecular formula is C19H19F2N3O7. The number of alkyl halides is 2. The number of nitro groups is 1. The fourth-order valence-electron chi connectivity index (χ4n) is 3.29. The van der Waals surface area contributed by atoms with Crippen molar-refractivity contribution < 1.29 is 37.2 Å². The van der Waals surface area contributed by atoms with Gasteiger partial charge >= 0.3 is 6.61 Å². The molecule has 2 amide bonds. The maximum atomic E-state index is 12.7. The number of hydrogen-bond acceptors (Lipinski definition) is 7. The molecule has 10 nitrogen and oxygen atoms in total. The number of nitrogens with one attached hydrogen (secondary N) is 1. The molecule has 1 N–H and O–H groups in total. The molecule has 12 heteroatoms. The van der Waals surface area contributed by atoms with E-state index in [1.54, 1.807) is 11.0 Å². The highest BCUT2D eigenvalue weighted by molar-refractivity contribution is 5.99. The number of likely N-dealkylation sites (tertiary alicyclic amines) is 1. The van der Waals surface area contributed by atoms with Crippen molar-refractivity contribution in [3.05, 3.63) is 52.0 Å². The zero-order chi connectivity index (χ0) is 22.5. The third-order valence-corrected chi connectivity index (χ3v) is 4.82. The van der Waals surface area contributed by atoms with Gasteiger partial charge in [-0.2, -0.15) is 8.78 Å². The number of ether oxygens (including phenoxy) is 2. The van der Waals surface area contributed by atoms with E-state index in [0.717, 1.165) is 19.2 Å². The fourth-order valence-corrected chi connectivity index (χ4v) is 3.29. The number of benzene rings is 1. The minimum atomic E-state index is -3.22. The summed E-state index contributed by atoms with van der Waals surface area (Å²) < 4.78 is 39.2. The van der Waals surface area contributed by atoms with Crippen LogP contribution in [0.15, 0.2) is 35.1 Å². The smallest absolute Gasteiger partial charge is 0.387 e. The van der Waals surface area contributed by atoms with E-state index in [9.17, 15) is 28.5 Å². The Kier molecular flexibility index (Phi) is 6.68. The van der Waals surface area contributed by atoms with E-state index in [-0.39, 0.29) is 23.3 Å². The Morgan fingerprint density at radius 3 is 2.55 bits per heavy atom. The van der Waals surface area contributed by atoms with Gasteiger partial charge in [-0.15, -0.1) is 0 Å². The van der Waals surface area contributed by atoms with Gasteiger partial charge in [-0.05, 0) is 18.9 Å². The van der Waals surface area contributed by atoms with Crippen molar-refractivity contribution in [2.24, 2.45) is 0 Å². The summed E-state index contributed by atoms with van der Waals surface area (Å²) in [5.41, 5.74) is -0.613. The van der Waals surface area contributed by atoms with Gasteiger partial charge < -0.3 is 24.1 Å². The lowest BCUT2D eigenvalue weighted by Gasteiger charge is -2.32. The van der Waals surface area contributed by atoms with Crippen molar-refractivity contribution in [2.75, 3.05) is 20.2 Å². The number of halogens is 2. The second-order valence-electron chi connectivity index (χ2n) is 6.71. The molecule has 2 heterocycles. The van der Waals surface area contributed by atoms with Crippen LogP contribution in [-0.2, 0) is 0 Å². The van der Waals surface area contributed by atoms with Crippen LogP contribution in [0.2, 0.25) is 0 Å². The van der Waals surface area contributed by atoms with Gasteiger partial charge in [-0.25, -0.2) is 0 Å². The molecule has 0 aliphatic carbocycles. The lowest BCUT2D eigenvalue weighted by Crippen LogP contribution is -2.46. The highest BCUT2D eigenvalue weighted by atomic mass is 19.3. The van der Waals surface area contributed by atoms with E-state index in [1.807, 2.05) is 0 Å². The van der Waals surface area contributed by atoms with Crippen molar-refractivity contribution in [3.63, 3.8) is 0 Å². The topological polar surface area (TPSA) is 124 Å². The molecule has 0 spiro atoms. The Hall–Kier alpha value is -3.70. The standard InChI is InChI=1S/C19H19F2N3O7/c1-29-15-8-13(14(24(27)28)9-16(15)31-19(20)21)17(25)22-12-2-5-23(6-3-12)18(26)11-4-7-30-10-11/h4,7-10,12,19H,2-3,5-6H2,1H3,(H,22,25). The summed E-state index contributed by atoms with van der Waals surface area (Å²) in [6.45, 7) is -2.47. The Morgan fingerprint density at radius 2 is 2.00 bits per heavy atom. The van der Waals surface area contributed by atoms with Crippen LogP contribution in [0.3, 0.4) is 0 Å². The minimum Gasteiger partial charge on any atom is -0.493 e. The number of rotatable bonds is 7. The van der Waals surface area contributed by atoms with Crippen molar-refractivity contribution in [1.82, 2.24) is 10.2 Å². The summed E-state index contributed by atoms with van der Waals surface area (Å²) in [6.07, 6.45) is 3.63. The van der Waals surface area contributed by atoms with Gasteiger partial charge in [-0.1, -0.05) is 0 Å². The molecule has 1 aromatic heterocycles. The van der Waals surface area contributed by atoms with Crippen LogP contribution >= 0.6 is 0 Å². The first kappa shape index (κ1) is 22.0. The lowest BCUT2D eigenvalue weighted by atomic mass is 10.0. The first-order chi connectivity index (χ1) is 14.8. The second-order valence-corrected chi connectivity index (χ2v) is 6.71. The van der Waals surface area contributed by atoms with Crippen molar-refractivity contribution in [1.29, 1.82) is 0 Å². The molecule has 3 rings (SSSR count). The average Bonchev–Trinajstić information content (AvgIpc) is 3.28. The normalized spacial score (nSPS) is 14.4. The van der Waals surface area contributed by atoms with Crippen LogP contribution in [0.25, 0.3) is 0 Å². The van der Waals surface area contributed by atoms with Crippen LogP contribution in [0.1, 0.15) is 33.6 Å². The Balaban J connectivity index is 1.70. The lowest BCUT2D eigenvalue weighted by molar-refractivity contribution is -0.385. The summed E-state index contributed by atoms with van der Waals surface area (Å²) in [5.74, 6) is -1.73. The molecule has 1 aliphatic heterocycles. The minimum absolute atomic E-state index is 0.187. The third kappa shape index (κ3) is 5.08. The number of piperidine rings is 1. The Morgan fingerprint density at radius 1 is 1.29 bits per heavy atom. The zero-order valence-electron chi connectivity index (χ0n) is 16.4. The number of nitrogens with zero attached hydrogens (tertiary/aromatic N) is 2. The molecule has 1 aliphatic rings. The summed E-state index contributed by atoms with van der Waals surface area (Å²) in [7, 11) is 1.16. The quantitative estimate of drug-likeness (QED) is 0.520. The third-order valence-electron chi connectivity index (χ3n) is 4.82. The molecular weight excluding hydrogens is 420 g/mol. The molecule has 1 aromatic carbocycles. The van der Waals surface area contributed by atoms with Gasteiger partial charge in [0.25, 0.3) is 17.5 Å². The second kappa shape index (κ2) is 9.41. The van der Waals surface area contributed by atoms with E-state index >= 15 is 0 Å². The number of carbonyl (C=O) groups excluding carboxylic acids is 2. The van der Waals surface area contributed by atoms with E-state index in [0.29, 0.717) is 31.5 Å². The van der Waals surface area contributed by atoms with Crippen molar-refractivity contribution in [3.8, 4) is 11.5 Å². The predicted octanol–water partition coefficient (Wildman–Crippen LogP) is 2.83. The molecule has 2 aromatic rings. The maximum Gasteiger partial charge on any atom is 0.387 e. The predicted molar refractivity (Wildman–Crippen MR) is 101 cm³/mol. The summed E-state index contributed by atoms with van der Waals surface area (Å²) in [4.78, 5) is 37.2. The van der Waals surface area contributed by atoms with E-state index in [1.165, 1.54) is 12.5 Å². The van der Waals surface area contributed by atoms with Crippen LogP contribution in [0, 0.1) is 10.1 Å². The highest BCUT2D eigenvalue weighted by Gasteiger charge is 2.29. The highest BCUT2D eigenvalue weighted by Crippen LogP contribution is 2.35. The van der Waals surface area contributed by atoms with Gasteiger partial charge in [0.2, 0.25) is 0 Å². The Bertz CT molecular complexity index is 958. The first-order valence-corrected chi connectivity index (χ1v) is 9.23. The monoisotopic (exact) mass is 439 g/mol. The number of amides is 2.